The van der Waals surface area contributed by atoms with Crippen molar-refractivity contribution in [3.8, 4) is 11.3 Å². The molecular weight excluding hydrogens is 520 g/mol. The number of nitrogens with one attached hydrogen (secondary N) is 1. The number of amides is 3. The fraction of sp³-hybridized carbons (Fsp3) is 0.367. The number of benzene rings is 1. The molecule has 2 saturated heterocycles. The predicted octanol–water partition coefficient (Wildman–Crippen LogP) is 2.06. The van der Waals surface area contributed by atoms with Gasteiger partial charge >= 0.3 is 0 Å². The van der Waals surface area contributed by atoms with Gasteiger partial charge in [0.2, 0.25) is 17.8 Å². The minimum atomic E-state index is -0.627. The zero-order valence-electron chi connectivity index (χ0n) is 23.2. The van der Waals surface area contributed by atoms with Crippen LogP contribution in [0.25, 0.3) is 22.3 Å². The van der Waals surface area contributed by atoms with Gasteiger partial charge in [-0.15, -0.1) is 0 Å². The van der Waals surface area contributed by atoms with Gasteiger partial charge in [-0.3, -0.25) is 24.6 Å². The Morgan fingerprint density at radius 2 is 1.80 bits per heavy atom. The van der Waals surface area contributed by atoms with Gasteiger partial charge in [0.15, 0.2) is 0 Å². The van der Waals surface area contributed by atoms with Crippen molar-refractivity contribution >= 4 is 34.7 Å². The van der Waals surface area contributed by atoms with Crippen molar-refractivity contribution in [3.05, 3.63) is 65.6 Å². The number of aromatic nitrogens is 4. The van der Waals surface area contributed by atoms with E-state index in [1.165, 1.54) is 5.56 Å². The molecule has 0 aliphatic carbocycles. The number of carbonyl (C=O) groups is 3. The van der Waals surface area contributed by atoms with Crippen LogP contribution < -0.4 is 10.2 Å². The molecule has 7 rings (SSSR count). The zero-order valence-corrected chi connectivity index (χ0v) is 23.2. The molecular formula is C30H32N8O3. The number of imide groups is 1. The van der Waals surface area contributed by atoms with Crippen molar-refractivity contribution in [2.45, 2.75) is 32.0 Å². The first-order valence-electron chi connectivity index (χ1n) is 14.0. The van der Waals surface area contributed by atoms with Crippen LogP contribution in [0.2, 0.25) is 0 Å². The molecule has 1 atom stereocenters. The number of carbonyl (C=O) groups excluding carboxylic acids is 3. The molecule has 41 heavy (non-hydrogen) atoms. The molecule has 0 bridgehead atoms. The molecule has 3 aliphatic rings. The number of nitrogens with zero attached hydrogens (tertiary/aromatic N) is 7. The molecule has 2 fully saturated rings. The lowest BCUT2D eigenvalue weighted by atomic mass is 10.0. The highest BCUT2D eigenvalue weighted by molar-refractivity contribution is 6.05. The molecule has 1 N–H and O–H groups in total. The highest BCUT2D eigenvalue weighted by Gasteiger charge is 2.39. The molecule has 1 aromatic carbocycles. The van der Waals surface area contributed by atoms with Gasteiger partial charge in [-0.25, -0.2) is 9.97 Å². The van der Waals surface area contributed by atoms with E-state index in [1.54, 1.807) is 4.90 Å². The lowest BCUT2D eigenvalue weighted by molar-refractivity contribution is -0.136. The van der Waals surface area contributed by atoms with Crippen molar-refractivity contribution in [1.29, 1.82) is 0 Å². The van der Waals surface area contributed by atoms with E-state index in [-0.39, 0.29) is 18.2 Å². The number of pyridine rings is 1. The van der Waals surface area contributed by atoms with Crippen molar-refractivity contribution in [1.82, 2.24) is 34.2 Å². The second-order valence-corrected chi connectivity index (χ2v) is 11.2. The molecule has 0 saturated carbocycles. The Balaban J connectivity index is 1.14. The molecule has 0 radical (unpaired) electrons. The first-order valence-corrected chi connectivity index (χ1v) is 14.0. The number of piperidine rings is 1. The third kappa shape index (κ3) is 4.46. The van der Waals surface area contributed by atoms with E-state index in [2.05, 4.69) is 36.8 Å². The third-order valence-corrected chi connectivity index (χ3v) is 8.59. The van der Waals surface area contributed by atoms with Crippen LogP contribution in [0.1, 0.15) is 34.3 Å². The van der Waals surface area contributed by atoms with Gasteiger partial charge in [0.1, 0.15) is 11.7 Å². The van der Waals surface area contributed by atoms with Crippen LogP contribution in [0.15, 0.2) is 48.9 Å². The van der Waals surface area contributed by atoms with Crippen LogP contribution in [-0.4, -0.2) is 78.8 Å². The summed E-state index contributed by atoms with van der Waals surface area (Å²) in [6.45, 7) is 4.88. The second-order valence-electron chi connectivity index (χ2n) is 11.2. The zero-order chi connectivity index (χ0) is 28.2. The highest BCUT2D eigenvalue weighted by Crippen LogP contribution is 2.32. The van der Waals surface area contributed by atoms with Crippen LogP contribution in [0.4, 0.5) is 5.95 Å². The summed E-state index contributed by atoms with van der Waals surface area (Å²) in [7, 11) is 4.04. The summed E-state index contributed by atoms with van der Waals surface area (Å²) in [6, 6.07) is 9.47. The maximum absolute atomic E-state index is 13.2. The van der Waals surface area contributed by atoms with Crippen LogP contribution in [0.5, 0.6) is 0 Å². The Kier molecular flexibility index (Phi) is 6.11. The lowest BCUT2D eigenvalue weighted by Crippen LogP contribution is -2.52. The second kappa shape index (κ2) is 9.84. The Labute approximate surface area is 237 Å². The van der Waals surface area contributed by atoms with E-state index >= 15 is 0 Å². The van der Waals surface area contributed by atoms with Gasteiger partial charge in [-0.1, -0.05) is 6.07 Å². The number of aryl methyl sites for hydroxylation is 2. The molecule has 3 aliphatic heterocycles. The number of piperazine rings is 1. The fourth-order valence-corrected chi connectivity index (χ4v) is 6.32. The number of hydrogen-bond acceptors (Lipinski definition) is 7. The molecule has 3 aromatic heterocycles. The van der Waals surface area contributed by atoms with Crippen LogP contribution >= 0.6 is 0 Å². The molecule has 3 amide bonds. The Bertz CT molecular complexity index is 1700. The monoisotopic (exact) mass is 552 g/mol. The summed E-state index contributed by atoms with van der Waals surface area (Å²) < 4.78 is 4.11. The first-order chi connectivity index (χ1) is 19.9. The number of rotatable bonds is 5. The maximum Gasteiger partial charge on any atom is 0.255 e. The van der Waals surface area contributed by atoms with Crippen molar-refractivity contribution < 1.29 is 14.4 Å². The van der Waals surface area contributed by atoms with Gasteiger partial charge in [0, 0.05) is 94.9 Å². The smallest absolute Gasteiger partial charge is 0.255 e. The average Bonchev–Trinajstić information content (AvgIpc) is 3.66. The Hall–Kier alpha value is -4.51. The summed E-state index contributed by atoms with van der Waals surface area (Å²) >= 11 is 0. The molecule has 6 heterocycles. The summed E-state index contributed by atoms with van der Waals surface area (Å²) in [5.41, 5.74) is 5.41. The van der Waals surface area contributed by atoms with Crippen LogP contribution in [-0.2, 0) is 36.8 Å². The molecule has 11 nitrogen and oxygen atoms in total. The fourth-order valence-electron chi connectivity index (χ4n) is 6.32. The quantitative estimate of drug-likeness (QED) is 0.378. The Morgan fingerprint density at radius 1 is 0.976 bits per heavy atom. The molecule has 0 spiro atoms. The highest BCUT2D eigenvalue weighted by atomic mass is 16.2. The van der Waals surface area contributed by atoms with Crippen LogP contribution in [0.3, 0.4) is 0 Å². The molecule has 1 unspecified atom stereocenters. The predicted molar refractivity (Wildman–Crippen MR) is 153 cm³/mol. The summed E-state index contributed by atoms with van der Waals surface area (Å²) in [4.78, 5) is 53.1. The third-order valence-electron chi connectivity index (χ3n) is 8.59. The summed E-state index contributed by atoms with van der Waals surface area (Å²) in [6.07, 6.45) is 6.45. The minimum absolute atomic E-state index is 0.169. The number of fused-ring (bicyclic) bond motifs is 2. The first kappa shape index (κ1) is 25.5. The Morgan fingerprint density at radius 3 is 2.56 bits per heavy atom. The standard InChI is InChI=1S/C30H32N8O3/c1-34-9-7-22-21(17-36-11-13-37(14-12-36)30-31-8-10-35(30)2)16-24(32-27(22)34)19-3-4-23-20(15-19)18-38(29(23)41)25-5-6-26(39)33-28(25)40/h3-4,7-10,15-16,25H,5-6,11-14,17-18H2,1-2H3,(H,33,39,40). The van der Waals surface area contributed by atoms with E-state index < -0.39 is 11.9 Å². The van der Waals surface area contributed by atoms with E-state index in [4.69, 9.17) is 4.98 Å². The van der Waals surface area contributed by atoms with Crippen LogP contribution in [0, 0.1) is 0 Å². The van der Waals surface area contributed by atoms with Gasteiger partial charge in [-0.2, -0.15) is 0 Å². The van der Waals surface area contributed by atoms with Crippen molar-refractivity contribution in [2.24, 2.45) is 14.1 Å². The largest absolute Gasteiger partial charge is 0.340 e. The van der Waals surface area contributed by atoms with Gasteiger partial charge in [-0.05, 0) is 41.8 Å². The van der Waals surface area contributed by atoms with E-state index in [0.717, 1.165) is 66.5 Å². The van der Waals surface area contributed by atoms with E-state index in [9.17, 15) is 14.4 Å². The summed E-state index contributed by atoms with van der Waals surface area (Å²) in [5, 5.41) is 3.51. The SMILES string of the molecule is Cn1ccnc1N1CCN(Cc2cc(-c3ccc4c(c3)CN(C3CCC(=O)NC3=O)C4=O)nc3c2ccn3C)CC1. The van der Waals surface area contributed by atoms with E-state index in [0.29, 0.717) is 18.5 Å². The normalized spacial score (nSPS) is 19.8. The maximum atomic E-state index is 13.2. The number of anilines is 1. The van der Waals surface area contributed by atoms with E-state index in [1.807, 2.05) is 55.5 Å². The van der Waals surface area contributed by atoms with Gasteiger partial charge in [0.05, 0.1) is 5.69 Å². The van der Waals surface area contributed by atoms with Crippen molar-refractivity contribution in [2.75, 3.05) is 31.1 Å². The van der Waals surface area contributed by atoms with Gasteiger partial charge in [0.25, 0.3) is 5.91 Å². The molecule has 4 aromatic rings. The van der Waals surface area contributed by atoms with Gasteiger partial charge < -0.3 is 18.9 Å². The molecule has 210 valence electrons. The van der Waals surface area contributed by atoms with Crippen molar-refractivity contribution in [3.63, 3.8) is 0 Å². The lowest BCUT2D eigenvalue weighted by Gasteiger charge is -2.35. The topological polar surface area (TPSA) is 109 Å². The number of imidazole rings is 1. The summed E-state index contributed by atoms with van der Waals surface area (Å²) in [5.74, 6) is 0.152. The average molecular weight is 553 g/mol. The number of hydrogen-bond donors (Lipinski definition) is 1. The molecule has 11 heteroatoms. The minimum Gasteiger partial charge on any atom is -0.340 e.